The molecule has 2 aromatic carbocycles. The predicted molar refractivity (Wildman–Crippen MR) is 125 cm³/mol. The Hall–Kier alpha value is -3.71. The van der Waals surface area contributed by atoms with Crippen molar-refractivity contribution in [2.45, 2.75) is 6.54 Å². The van der Waals surface area contributed by atoms with E-state index in [0.717, 1.165) is 22.6 Å². The van der Waals surface area contributed by atoms with Crippen molar-refractivity contribution in [3.8, 4) is 5.75 Å². The van der Waals surface area contributed by atoms with Crippen molar-refractivity contribution in [2.24, 2.45) is 0 Å². The maximum Gasteiger partial charge on any atom is 0.259 e. The number of carbonyl (C=O) groups excluding carboxylic acids is 1. The Morgan fingerprint density at radius 3 is 2.66 bits per heavy atom. The third-order valence-corrected chi connectivity index (χ3v) is 5.35. The first-order chi connectivity index (χ1) is 15.7. The van der Waals surface area contributed by atoms with E-state index in [1.54, 1.807) is 6.20 Å². The minimum Gasteiger partial charge on any atom is -0.457 e. The van der Waals surface area contributed by atoms with Gasteiger partial charge in [0.1, 0.15) is 29.2 Å². The van der Waals surface area contributed by atoms with Gasteiger partial charge in [0.15, 0.2) is 0 Å². The lowest BCUT2D eigenvalue weighted by Crippen LogP contribution is -2.33. The molecule has 2 heterocycles. The summed E-state index contributed by atoms with van der Waals surface area (Å²) in [4.78, 5) is 25.2. The normalized spacial score (nSPS) is 14.2. The SMILES string of the molecule is CNC/C=C(/Oc1ccc(CN2CCN(C)c3ncncc3C2=O)cc1)c1ccccc1. The van der Waals surface area contributed by atoms with Crippen LogP contribution in [-0.2, 0) is 6.54 Å². The number of amides is 1. The molecule has 0 spiro atoms. The van der Waals surface area contributed by atoms with Crippen LogP contribution in [-0.4, -0.2) is 54.5 Å². The zero-order valence-corrected chi connectivity index (χ0v) is 18.4. The van der Waals surface area contributed by atoms with Gasteiger partial charge >= 0.3 is 0 Å². The molecule has 32 heavy (non-hydrogen) atoms. The van der Waals surface area contributed by atoms with E-state index in [4.69, 9.17) is 4.74 Å². The van der Waals surface area contributed by atoms with E-state index in [9.17, 15) is 4.79 Å². The number of hydrogen-bond acceptors (Lipinski definition) is 6. The monoisotopic (exact) mass is 429 g/mol. The molecule has 0 atom stereocenters. The second kappa shape index (κ2) is 10.1. The maximum atomic E-state index is 13.0. The number of rotatable bonds is 7. The molecule has 0 radical (unpaired) electrons. The fraction of sp³-hybridized carbons (Fsp3) is 0.240. The van der Waals surface area contributed by atoms with Crippen LogP contribution in [0.4, 0.5) is 5.82 Å². The van der Waals surface area contributed by atoms with Crippen molar-refractivity contribution in [1.82, 2.24) is 20.2 Å². The van der Waals surface area contributed by atoms with E-state index in [2.05, 4.69) is 15.3 Å². The van der Waals surface area contributed by atoms with Crippen LogP contribution in [0, 0.1) is 0 Å². The summed E-state index contributed by atoms with van der Waals surface area (Å²) < 4.78 is 6.17. The third kappa shape index (κ3) is 4.95. The standard InChI is InChI=1S/C25H27N5O2/c1-26-13-12-23(20-6-4-3-5-7-20)32-21-10-8-19(9-11-21)17-30-15-14-29(2)24-22(25(30)31)16-27-18-28-24/h3-12,16,18,26H,13-15,17H2,1-2H3/b23-12+. The molecule has 0 aliphatic carbocycles. The largest absolute Gasteiger partial charge is 0.457 e. The highest BCUT2D eigenvalue weighted by Gasteiger charge is 2.26. The van der Waals surface area contributed by atoms with Gasteiger partial charge in [-0.2, -0.15) is 0 Å². The van der Waals surface area contributed by atoms with Gasteiger partial charge in [-0.15, -0.1) is 0 Å². The second-order valence-corrected chi connectivity index (χ2v) is 7.65. The molecular weight excluding hydrogens is 402 g/mol. The molecule has 7 nitrogen and oxygen atoms in total. The van der Waals surface area contributed by atoms with E-state index in [0.29, 0.717) is 37.6 Å². The second-order valence-electron chi connectivity index (χ2n) is 7.65. The Kier molecular flexibility index (Phi) is 6.77. The van der Waals surface area contributed by atoms with Crippen LogP contribution >= 0.6 is 0 Å². The number of ether oxygens (including phenoxy) is 1. The van der Waals surface area contributed by atoms with Crippen molar-refractivity contribution < 1.29 is 9.53 Å². The third-order valence-electron chi connectivity index (χ3n) is 5.35. The van der Waals surface area contributed by atoms with Crippen LogP contribution in [0.25, 0.3) is 5.76 Å². The molecule has 3 aromatic rings. The van der Waals surface area contributed by atoms with Crippen molar-refractivity contribution >= 4 is 17.5 Å². The molecule has 0 saturated heterocycles. The first-order valence-corrected chi connectivity index (χ1v) is 10.6. The Balaban J connectivity index is 1.47. The number of hydrogen-bond donors (Lipinski definition) is 1. The molecule has 0 saturated carbocycles. The summed E-state index contributed by atoms with van der Waals surface area (Å²) in [6.07, 6.45) is 5.10. The van der Waals surface area contributed by atoms with E-state index >= 15 is 0 Å². The van der Waals surface area contributed by atoms with E-state index in [-0.39, 0.29) is 5.91 Å². The number of anilines is 1. The maximum absolute atomic E-state index is 13.0. The number of benzene rings is 2. The summed E-state index contributed by atoms with van der Waals surface area (Å²) in [5.41, 5.74) is 2.59. The average Bonchev–Trinajstić information content (AvgIpc) is 2.96. The molecule has 7 heteroatoms. The van der Waals surface area contributed by atoms with Crippen LogP contribution in [0.2, 0.25) is 0 Å². The molecule has 0 unspecified atom stereocenters. The summed E-state index contributed by atoms with van der Waals surface area (Å²) in [7, 11) is 3.85. The van der Waals surface area contributed by atoms with E-state index < -0.39 is 0 Å². The van der Waals surface area contributed by atoms with Gasteiger partial charge in [-0.25, -0.2) is 9.97 Å². The lowest BCUT2D eigenvalue weighted by atomic mass is 10.1. The van der Waals surface area contributed by atoms with Crippen molar-refractivity contribution in [3.63, 3.8) is 0 Å². The number of nitrogens with one attached hydrogen (secondary N) is 1. The summed E-state index contributed by atoms with van der Waals surface area (Å²) >= 11 is 0. The summed E-state index contributed by atoms with van der Waals surface area (Å²) in [5, 5.41) is 3.12. The molecule has 0 bridgehead atoms. The minimum absolute atomic E-state index is 0.0494. The number of likely N-dealkylation sites (N-methyl/N-ethyl adjacent to an activating group) is 2. The van der Waals surface area contributed by atoms with Gasteiger partial charge in [0.05, 0.1) is 0 Å². The van der Waals surface area contributed by atoms with Gasteiger partial charge in [0.25, 0.3) is 5.91 Å². The van der Waals surface area contributed by atoms with E-state index in [1.807, 2.05) is 84.6 Å². The Labute approximate surface area is 188 Å². The number of fused-ring (bicyclic) bond motifs is 1. The van der Waals surface area contributed by atoms with Crippen molar-refractivity contribution in [3.05, 3.63) is 89.9 Å². The topological polar surface area (TPSA) is 70.6 Å². The van der Waals surface area contributed by atoms with Crippen molar-refractivity contribution in [1.29, 1.82) is 0 Å². The molecule has 4 rings (SSSR count). The Morgan fingerprint density at radius 1 is 1.12 bits per heavy atom. The van der Waals surface area contributed by atoms with Crippen LogP contribution in [0.1, 0.15) is 21.5 Å². The molecule has 1 aliphatic heterocycles. The van der Waals surface area contributed by atoms with Gasteiger partial charge in [0.2, 0.25) is 0 Å². The smallest absolute Gasteiger partial charge is 0.259 e. The predicted octanol–water partition coefficient (Wildman–Crippen LogP) is 3.21. The van der Waals surface area contributed by atoms with Crippen LogP contribution < -0.4 is 15.0 Å². The Bertz CT molecular complexity index is 1080. The van der Waals surface area contributed by atoms with Crippen molar-refractivity contribution in [2.75, 3.05) is 38.6 Å². The number of carbonyl (C=O) groups is 1. The van der Waals surface area contributed by atoms with Crippen LogP contribution in [0.5, 0.6) is 5.75 Å². The highest BCUT2D eigenvalue weighted by Crippen LogP contribution is 2.24. The minimum atomic E-state index is -0.0494. The fourth-order valence-corrected chi connectivity index (χ4v) is 3.60. The lowest BCUT2D eigenvalue weighted by molar-refractivity contribution is 0.0754. The number of nitrogens with zero attached hydrogens (tertiary/aromatic N) is 4. The van der Waals surface area contributed by atoms with Crippen LogP contribution in [0.3, 0.4) is 0 Å². The zero-order chi connectivity index (χ0) is 22.3. The van der Waals surface area contributed by atoms with Gasteiger partial charge in [0, 0.05) is 45.0 Å². The Morgan fingerprint density at radius 2 is 1.91 bits per heavy atom. The molecule has 1 amide bonds. The molecule has 1 aliphatic rings. The van der Waals surface area contributed by atoms with Crippen LogP contribution in [0.15, 0.2) is 73.2 Å². The number of aromatic nitrogens is 2. The van der Waals surface area contributed by atoms with Gasteiger partial charge in [-0.1, -0.05) is 42.5 Å². The summed E-state index contributed by atoms with van der Waals surface area (Å²) in [6.45, 7) is 2.56. The molecule has 164 valence electrons. The first-order valence-electron chi connectivity index (χ1n) is 10.6. The molecule has 1 N–H and O–H groups in total. The highest BCUT2D eigenvalue weighted by atomic mass is 16.5. The summed E-state index contributed by atoms with van der Waals surface area (Å²) in [5.74, 6) is 2.18. The van der Waals surface area contributed by atoms with Gasteiger partial charge < -0.3 is 19.9 Å². The van der Waals surface area contributed by atoms with Gasteiger partial charge in [-0.05, 0) is 30.8 Å². The molecule has 1 aromatic heterocycles. The quantitative estimate of drug-likeness (QED) is 0.582. The zero-order valence-electron chi connectivity index (χ0n) is 18.4. The first kappa shape index (κ1) is 21.5. The fourth-order valence-electron chi connectivity index (χ4n) is 3.60. The highest BCUT2D eigenvalue weighted by molar-refractivity contribution is 5.99. The molecular formula is C25H27N5O2. The van der Waals surface area contributed by atoms with Gasteiger partial charge in [-0.3, -0.25) is 4.79 Å². The average molecular weight is 430 g/mol. The molecule has 0 fully saturated rings. The lowest BCUT2D eigenvalue weighted by Gasteiger charge is -2.21. The summed E-state index contributed by atoms with van der Waals surface area (Å²) in [6, 6.07) is 17.9. The van der Waals surface area contributed by atoms with E-state index in [1.165, 1.54) is 6.33 Å².